The van der Waals surface area contributed by atoms with Crippen molar-refractivity contribution in [2.45, 2.75) is 10.8 Å². The molecule has 0 bridgehead atoms. The number of halogens is 2. The van der Waals surface area contributed by atoms with Crippen LogP contribution in [0.5, 0.6) is 0 Å². The number of hydrogen-bond donors (Lipinski definition) is 0. The van der Waals surface area contributed by atoms with Crippen molar-refractivity contribution in [1.29, 1.82) is 0 Å². The van der Waals surface area contributed by atoms with E-state index in [2.05, 4.69) is 4.98 Å². The molecule has 0 amide bonds. The van der Waals surface area contributed by atoms with Gasteiger partial charge < -0.3 is 0 Å². The molecule has 0 spiro atoms. The third-order valence-corrected chi connectivity index (χ3v) is 2.31. The number of nitrogens with zero attached hydrogens (tertiary/aromatic N) is 1. The van der Waals surface area contributed by atoms with Crippen LogP contribution in [0.3, 0.4) is 0 Å². The molecule has 0 aliphatic rings. The van der Waals surface area contributed by atoms with E-state index in [1.807, 2.05) is 0 Å². The third kappa shape index (κ3) is 1.58. The van der Waals surface area contributed by atoms with Crippen LogP contribution in [0.2, 0.25) is 0 Å². The number of aromatic nitrogens is 1. The smallest absolute Gasteiger partial charge is 0.245 e. The molecular weight excluding hydrogens is 188 g/mol. The van der Waals surface area contributed by atoms with Crippen molar-refractivity contribution in [2.24, 2.45) is 0 Å². The van der Waals surface area contributed by atoms with Gasteiger partial charge in [-0.25, -0.2) is 13.4 Å². The van der Waals surface area contributed by atoms with Crippen LogP contribution in [0, 0.1) is 0 Å². The molecule has 66 valence electrons. The first-order valence-electron chi connectivity index (χ1n) is 3.39. The number of sulfone groups is 1. The first-order chi connectivity index (χ1) is 5.86. The normalized spacial score (nSPS) is 14.0. The van der Waals surface area contributed by atoms with Gasteiger partial charge in [0.15, 0.2) is 5.03 Å². The van der Waals surface area contributed by atoms with Crippen LogP contribution in [-0.4, -0.2) is 19.1 Å². The minimum Gasteiger partial charge on any atom is -0.245 e. The van der Waals surface area contributed by atoms with E-state index >= 15 is 0 Å². The van der Waals surface area contributed by atoms with E-state index in [-0.39, 0.29) is 0 Å². The van der Waals surface area contributed by atoms with Crippen molar-refractivity contribution < 1.29 is 18.6 Å². The molecule has 0 aromatic carbocycles. The molecule has 0 fully saturated rings. The van der Waals surface area contributed by atoms with Gasteiger partial charge >= 0.3 is 5.73 Å². The molecule has 0 unspecified atom stereocenters. The second kappa shape index (κ2) is 3.14. The van der Waals surface area contributed by atoms with Gasteiger partial charge in [-0.3, -0.25) is 0 Å². The summed E-state index contributed by atoms with van der Waals surface area (Å²) in [5.41, 5.74) is -4.54. The van der Waals surface area contributed by atoms with Gasteiger partial charge in [-0.15, -0.1) is 0 Å². The summed E-state index contributed by atoms with van der Waals surface area (Å²) in [6.07, 6.45) is 1.07. The molecule has 3 nitrogen and oxygen atoms in total. The van der Waals surface area contributed by atoms with Gasteiger partial charge in [-0.1, -0.05) is 6.07 Å². The number of pyridine rings is 1. The van der Waals surface area contributed by atoms with E-state index in [9.17, 15) is 17.2 Å². The fourth-order valence-corrected chi connectivity index (χ4v) is 1.20. The lowest BCUT2D eigenvalue weighted by Crippen LogP contribution is -2.12. The fourth-order valence-electron chi connectivity index (χ4n) is 0.585. The van der Waals surface area contributed by atoms with Crippen molar-refractivity contribution in [1.82, 2.24) is 4.98 Å². The monoisotopic (exact) mass is 194 g/mol. The van der Waals surface area contributed by atoms with E-state index in [0.717, 1.165) is 12.3 Å². The number of hydrogen-bond acceptors (Lipinski definition) is 3. The summed E-state index contributed by atoms with van der Waals surface area (Å²) < 4.78 is 52.3. The van der Waals surface area contributed by atoms with Gasteiger partial charge in [-0.05, 0) is 12.1 Å². The molecule has 0 radical (unpaired) electrons. The maximum absolute atomic E-state index is 12.2. The van der Waals surface area contributed by atoms with Crippen molar-refractivity contribution in [3.63, 3.8) is 0 Å². The van der Waals surface area contributed by atoms with Gasteiger partial charge in [0.2, 0.25) is 0 Å². The Hall–Kier alpha value is -1.04. The molecule has 0 aliphatic carbocycles. The molecule has 1 aromatic heterocycles. The zero-order valence-electron chi connectivity index (χ0n) is 6.74. The topological polar surface area (TPSA) is 47.0 Å². The van der Waals surface area contributed by atoms with Gasteiger partial charge in [-0.2, -0.15) is 8.78 Å². The molecule has 1 aromatic rings. The molecule has 0 saturated carbocycles. The molecule has 1 heterocycles. The van der Waals surface area contributed by atoms with Gasteiger partial charge in [0.25, 0.3) is 9.84 Å². The van der Waals surface area contributed by atoms with Crippen molar-refractivity contribution in [3.8, 4) is 0 Å². The summed E-state index contributed by atoms with van der Waals surface area (Å²) in [6.45, 7) is 0. The predicted octanol–water partition coefficient (Wildman–Crippen LogP) is 1.08. The average molecular weight is 194 g/mol. The van der Waals surface area contributed by atoms with Gasteiger partial charge in [0.1, 0.15) is 1.37 Å². The van der Waals surface area contributed by atoms with Crippen molar-refractivity contribution >= 4 is 9.84 Å². The Labute approximate surface area is 69.4 Å². The molecule has 0 aliphatic heterocycles. The first-order valence-corrected chi connectivity index (χ1v) is 4.37. The van der Waals surface area contributed by atoms with Crippen LogP contribution < -0.4 is 0 Å². The molecule has 0 saturated heterocycles. The van der Waals surface area contributed by atoms with Crippen LogP contribution >= 0.6 is 0 Å². The highest BCUT2D eigenvalue weighted by molar-refractivity contribution is 7.91. The summed E-state index contributed by atoms with van der Waals surface area (Å²) >= 11 is 0. The third-order valence-electron chi connectivity index (χ3n) is 1.12. The Morgan fingerprint density at radius 2 is 2.17 bits per heavy atom. The minimum absolute atomic E-state index is 0.796. The fraction of sp³-hybridized carbons (Fsp3) is 0.167. The molecule has 0 atom stereocenters. The van der Waals surface area contributed by atoms with Crippen LogP contribution in [-0.2, 0) is 9.84 Å². The van der Waals surface area contributed by atoms with Crippen molar-refractivity contribution in [3.05, 3.63) is 24.4 Å². The van der Waals surface area contributed by atoms with Crippen LogP contribution in [0.4, 0.5) is 8.78 Å². The van der Waals surface area contributed by atoms with E-state index in [4.69, 9.17) is 1.37 Å². The Morgan fingerprint density at radius 1 is 1.50 bits per heavy atom. The molecule has 0 N–H and O–H groups in total. The van der Waals surface area contributed by atoms with Crippen LogP contribution in [0.15, 0.2) is 29.4 Å². The predicted molar refractivity (Wildman–Crippen MR) is 37.4 cm³/mol. The number of rotatable bonds is 2. The van der Waals surface area contributed by atoms with E-state index in [1.165, 1.54) is 12.1 Å². The lowest BCUT2D eigenvalue weighted by atomic mass is 10.5. The summed E-state index contributed by atoms with van der Waals surface area (Å²) in [5.74, 6) is 0. The maximum atomic E-state index is 12.2. The maximum Gasteiger partial charge on any atom is 0.342 e. The zero-order chi connectivity index (χ0) is 10.1. The van der Waals surface area contributed by atoms with E-state index in [1.54, 1.807) is 0 Å². The van der Waals surface area contributed by atoms with E-state index < -0.39 is 20.6 Å². The quantitative estimate of drug-likeness (QED) is 0.707. The SMILES string of the molecule is [2H]C(F)(F)S(=O)(=O)c1ccccn1. The summed E-state index contributed by atoms with van der Waals surface area (Å²) in [7, 11) is -4.95. The van der Waals surface area contributed by atoms with Gasteiger partial charge in [0.05, 0.1) is 0 Å². The molecule has 6 heteroatoms. The van der Waals surface area contributed by atoms with Crippen LogP contribution in [0.1, 0.15) is 1.37 Å². The number of alkyl halides is 2. The lowest BCUT2D eigenvalue weighted by Gasteiger charge is -1.99. The second-order valence-electron chi connectivity index (χ2n) is 1.90. The zero-order valence-corrected chi connectivity index (χ0v) is 6.55. The van der Waals surface area contributed by atoms with Crippen molar-refractivity contribution in [2.75, 3.05) is 0 Å². The Bertz CT molecular complexity index is 387. The largest absolute Gasteiger partial charge is 0.342 e. The second-order valence-corrected chi connectivity index (χ2v) is 3.63. The summed E-state index contributed by atoms with van der Waals surface area (Å²) in [5, 5.41) is -0.796. The Kier molecular flexibility index (Phi) is 1.99. The summed E-state index contributed by atoms with van der Waals surface area (Å²) in [4.78, 5) is 3.23. The highest BCUT2D eigenvalue weighted by atomic mass is 32.2. The lowest BCUT2D eigenvalue weighted by molar-refractivity contribution is 0.234. The molecular formula is C6H5F2NO2S. The molecule has 1 rings (SSSR count). The van der Waals surface area contributed by atoms with E-state index in [0.29, 0.717) is 0 Å². The highest BCUT2D eigenvalue weighted by Gasteiger charge is 2.27. The highest BCUT2D eigenvalue weighted by Crippen LogP contribution is 2.14. The van der Waals surface area contributed by atoms with Gasteiger partial charge in [0, 0.05) is 6.20 Å². The minimum atomic E-state index is -4.95. The van der Waals surface area contributed by atoms with Crippen LogP contribution in [0.25, 0.3) is 0 Å². The summed E-state index contributed by atoms with van der Waals surface area (Å²) in [6, 6.07) is 3.56. The first kappa shape index (κ1) is 7.60. The average Bonchev–Trinajstić information content (AvgIpc) is 2.04. The Morgan fingerprint density at radius 3 is 2.58 bits per heavy atom. The molecule has 12 heavy (non-hydrogen) atoms. The standard InChI is InChI=1S/C6H5F2NO2S/c7-6(8)12(10,11)5-3-1-2-4-9-5/h1-4,6H/i6D. The Balaban J connectivity index is 3.26.